The molecule has 1 saturated heterocycles. The molecule has 140 valence electrons. The van der Waals surface area contributed by atoms with Crippen LogP contribution in [0.2, 0.25) is 0 Å². The summed E-state index contributed by atoms with van der Waals surface area (Å²) in [5.41, 5.74) is 1.41. The number of aliphatic hydroxyl groups is 1. The monoisotopic (exact) mass is 356 g/mol. The van der Waals surface area contributed by atoms with Crippen LogP contribution in [-0.4, -0.2) is 48.6 Å². The standard InChI is InChI=1S/C22H29FN2O/c1-24(2)15-12-21(18-8-10-20(23)11-9-18)25-16-13-22(26,14-17-25)19-6-4-3-5-7-19/h3-11,21,26H,12-17H2,1-2H3. The molecule has 2 aromatic rings. The van der Waals surface area contributed by atoms with Gasteiger partial charge in [-0.1, -0.05) is 42.5 Å². The van der Waals surface area contributed by atoms with Crippen LogP contribution in [0.4, 0.5) is 4.39 Å². The predicted octanol–water partition coefficient (Wildman–Crippen LogP) is 3.80. The Hall–Kier alpha value is -1.75. The number of hydrogen-bond acceptors (Lipinski definition) is 3. The summed E-state index contributed by atoms with van der Waals surface area (Å²) in [6.07, 6.45) is 2.43. The van der Waals surface area contributed by atoms with Gasteiger partial charge >= 0.3 is 0 Å². The van der Waals surface area contributed by atoms with Gasteiger partial charge in [0.05, 0.1) is 5.60 Å². The normalized spacial score (nSPS) is 18.8. The van der Waals surface area contributed by atoms with Crippen molar-refractivity contribution in [2.75, 3.05) is 33.7 Å². The zero-order valence-electron chi connectivity index (χ0n) is 15.7. The van der Waals surface area contributed by atoms with Crippen molar-refractivity contribution in [2.24, 2.45) is 0 Å². The number of likely N-dealkylation sites (tertiary alicyclic amines) is 1. The Bertz CT molecular complexity index is 679. The van der Waals surface area contributed by atoms with Gasteiger partial charge in [0.1, 0.15) is 5.82 Å². The highest BCUT2D eigenvalue weighted by Gasteiger charge is 2.36. The van der Waals surface area contributed by atoms with Crippen LogP contribution in [0, 0.1) is 5.82 Å². The fraction of sp³-hybridized carbons (Fsp3) is 0.455. The number of rotatable bonds is 6. The number of nitrogens with zero attached hydrogens (tertiary/aromatic N) is 2. The summed E-state index contributed by atoms with van der Waals surface area (Å²) in [5, 5.41) is 11.1. The van der Waals surface area contributed by atoms with Crippen molar-refractivity contribution in [3.63, 3.8) is 0 Å². The highest BCUT2D eigenvalue weighted by molar-refractivity contribution is 5.24. The number of piperidine rings is 1. The van der Waals surface area contributed by atoms with Crippen molar-refractivity contribution in [3.8, 4) is 0 Å². The lowest BCUT2D eigenvalue weighted by Gasteiger charge is -2.42. The second kappa shape index (κ2) is 8.30. The van der Waals surface area contributed by atoms with Crippen molar-refractivity contribution in [1.82, 2.24) is 9.80 Å². The molecule has 26 heavy (non-hydrogen) atoms. The molecule has 3 rings (SSSR count). The Balaban J connectivity index is 1.73. The maximum Gasteiger partial charge on any atom is 0.123 e. The van der Waals surface area contributed by atoms with Gasteiger partial charge in [0.15, 0.2) is 0 Å². The molecule has 0 aromatic heterocycles. The lowest BCUT2D eigenvalue weighted by Crippen LogP contribution is -2.44. The molecule has 1 aliphatic heterocycles. The minimum absolute atomic E-state index is 0.197. The molecule has 1 atom stereocenters. The largest absolute Gasteiger partial charge is 0.385 e. The summed E-state index contributed by atoms with van der Waals surface area (Å²) in [4.78, 5) is 4.62. The first kappa shape index (κ1) is 19.0. The lowest BCUT2D eigenvalue weighted by molar-refractivity contribution is -0.0374. The third kappa shape index (κ3) is 4.50. The Morgan fingerprint density at radius 2 is 1.65 bits per heavy atom. The zero-order valence-corrected chi connectivity index (χ0v) is 15.7. The van der Waals surface area contributed by atoms with Crippen molar-refractivity contribution in [1.29, 1.82) is 0 Å². The molecule has 2 aromatic carbocycles. The van der Waals surface area contributed by atoms with Gasteiger partial charge in [0.2, 0.25) is 0 Å². The van der Waals surface area contributed by atoms with E-state index in [2.05, 4.69) is 23.9 Å². The molecule has 0 amide bonds. The van der Waals surface area contributed by atoms with E-state index in [1.807, 2.05) is 42.5 Å². The SMILES string of the molecule is CN(C)CCC(c1ccc(F)cc1)N1CCC(O)(c2ccccc2)CC1. The first-order valence-electron chi connectivity index (χ1n) is 9.40. The van der Waals surface area contributed by atoms with Crippen molar-refractivity contribution in [2.45, 2.75) is 30.9 Å². The molecule has 0 radical (unpaired) electrons. The van der Waals surface area contributed by atoms with E-state index in [0.717, 1.165) is 50.0 Å². The van der Waals surface area contributed by atoms with Crippen molar-refractivity contribution in [3.05, 3.63) is 71.5 Å². The van der Waals surface area contributed by atoms with E-state index >= 15 is 0 Å². The predicted molar refractivity (Wildman–Crippen MR) is 103 cm³/mol. The number of benzene rings is 2. The minimum atomic E-state index is -0.743. The Morgan fingerprint density at radius 1 is 1.04 bits per heavy atom. The van der Waals surface area contributed by atoms with E-state index in [0.29, 0.717) is 0 Å². The van der Waals surface area contributed by atoms with Gasteiger partial charge in [-0.2, -0.15) is 0 Å². The van der Waals surface area contributed by atoms with Gasteiger partial charge < -0.3 is 10.0 Å². The van der Waals surface area contributed by atoms with E-state index in [1.165, 1.54) is 0 Å². The average molecular weight is 356 g/mol. The fourth-order valence-electron chi connectivity index (χ4n) is 3.87. The summed E-state index contributed by atoms with van der Waals surface area (Å²) in [6.45, 7) is 2.64. The molecule has 1 heterocycles. The van der Waals surface area contributed by atoms with Crippen LogP contribution < -0.4 is 0 Å². The van der Waals surface area contributed by atoms with Crippen LogP contribution >= 0.6 is 0 Å². The van der Waals surface area contributed by atoms with Crippen LogP contribution in [0.15, 0.2) is 54.6 Å². The molecular weight excluding hydrogens is 327 g/mol. The minimum Gasteiger partial charge on any atom is -0.385 e. The quantitative estimate of drug-likeness (QED) is 0.853. The van der Waals surface area contributed by atoms with Crippen LogP contribution in [0.3, 0.4) is 0 Å². The second-order valence-electron chi connectivity index (χ2n) is 7.59. The summed E-state index contributed by atoms with van der Waals surface area (Å²) >= 11 is 0. The summed E-state index contributed by atoms with van der Waals surface area (Å²) in [5.74, 6) is -0.197. The van der Waals surface area contributed by atoms with Crippen LogP contribution in [0.1, 0.15) is 36.4 Å². The first-order valence-corrected chi connectivity index (χ1v) is 9.40. The van der Waals surface area contributed by atoms with Crippen LogP contribution in [0.25, 0.3) is 0 Å². The van der Waals surface area contributed by atoms with Crippen molar-refractivity contribution >= 4 is 0 Å². The highest BCUT2D eigenvalue weighted by Crippen LogP contribution is 2.36. The van der Waals surface area contributed by atoms with Crippen molar-refractivity contribution < 1.29 is 9.50 Å². The first-order chi connectivity index (χ1) is 12.5. The molecule has 0 bridgehead atoms. The van der Waals surface area contributed by atoms with E-state index < -0.39 is 5.60 Å². The summed E-state index contributed by atoms with van der Waals surface area (Å²) in [6, 6.07) is 17.1. The Labute approximate surface area is 156 Å². The maximum atomic E-state index is 13.3. The maximum absolute atomic E-state index is 13.3. The molecule has 3 nitrogen and oxygen atoms in total. The van der Waals surface area contributed by atoms with Gasteiger partial charge in [0.25, 0.3) is 0 Å². The van der Waals surface area contributed by atoms with Gasteiger partial charge in [-0.3, -0.25) is 4.90 Å². The summed E-state index contributed by atoms with van der Waals surface area (Å²) < 4.78 is 13.3. The van der Waals surface area contributed by atoms with E-state index in [1.54, 1.807) is 12.1 Å². The third-order valence-corrected chi connectivity index (χ3v) is 5.48. The molecule has 0 spiro atoms. The molecule has 0 saturated carbocycles. The Morgan fingerprint density at radius 3 is 2.23 bits per heavy atom. The molecule has 0 aliphatic carbocycles. The van der Waals surface area contributed by atoms with Gasteiger partial charge in [0, 0.05) is 19.1 Å². The number of halogens is 1. The van der Waals surface area contributed by atoms with Gasteiger partial charge in [-0.25, -0.2) is 4.39 Å². The molecule has 1 N–H and O–H groups in total. The Kier molecular flexibility index (Phi) is 6.07. The lowest BCUT2D eigenvalue weighted by atomic mass is 9.83. The highest BCUT2D eigenvalue weighted by atomic mass is 19.1. The average Bonchev–Trinajstić information content (AvgIpc) is 2.65. The topological polar surface area (TPSA) is 26.7 Å². The third-order valence-electron chi connectivity index (χ3n) is 5.48. The van der Waals surface area contributed by atoms with Crippen LogP contribution in [0.5, 0.6) is 0 Å². The van der Waals surface area contributed by atoms with E-state index in [9.17, 15) is 9.50 Å². The number of hydrogen-bond donors (Lipinski definition) is 1. The summed E-state index contributed by atoms with van der Waals surface area (Å²) in [7, 11) is 4.15. The zero-order chi connectivity index (χ0) is 18.6. The van der Waals surface area contributed by atoms with E-state index in [4.69, 9.17) is 0 Å². The van der Waals surface area contributed by atoms with E-state index in [-0.39, 0.29) is 11.9 Å². The fourth-order valence-corrected chi connectivity index (χ4v) is 3.87. The van der Waals surface area contributed by atoms with Gasteiger partial charge in [-0.15, -0.1) is 0 Å². The van der Waals surface area contributed by atoms with Gasteiger partial charge in [-0.05, 0) is 63.2 Å². The molecule has 1 aliphatic rings. The molecule has 4 heteroatoms. The molecular formula is C22H29FN2O. The second-order valence-corrected chi connectivity index (χ2v) is 7.59. The molecule has 1 fully saturated rings. The smallest absolute Gasteiger partial charge is 0.123 e. The molecule has 1 unspecified atom stereocenters. The van der Waals surface area contributed by atoms with Crippen LogP contribution in [-0.2, 0) is 5.60 Å².